The number of anilines is 1. The highest BCUT2D eigenvalue weighted by atomic mass is 16.6. The summed E-state index contributed by atoms with van der Waals surface area (Å²) in [6.07, 6.45) is 1.14. The number of benzene rings is 1. The normalized spacial score (nSPS) is 10.8. The monoisotopic (exact) mass is 276 g/mol. The van der Waals surface area contributed by atoms with Gasteiger partial charge in [-0.1, -0.05) is 24.8 Å². The van der Waals surface area contributed by atoms with Crippen molar-refractivity contribution in [3.63, 3.8) is 0 Å². The number of carbonyl (C=O) groups is 1. The molecule has 1 aromatic carbocycles. The van der Waals surface area contributed by atoms with Crippen molar-refractivity contribution >= 4 is 11.8 Å². The molecule has 0 aliphatic carbocycles. The summed E-state index contributed by atoms with van der Waals surface area (Å²) >= 11 is 0. The molecule has 0 radical (unpaired) electrons. The molecular weight excluding hydrogens is 252 g/mol. The number of para-hydroxylation sites is 1. The third-order valence-corrected chi connectivity index (χ3v) is 2.72. The number of nitrogens with zero attached hydrogens (tertiary/aromatic N) is 2. The summed E-state index contributed by atoms with van der Waals surface area (Å²) in [5.41, 5.74) is 0.615. The Morgan fingerprint density at radius 2 is 1.85 bits per heavy atom. The molecule has 1 aromatic rings. The van der Waals surface area contributed by atoms with Gasteiger partial charge in [-0.05, 0) is 32.9 Å². The molecule has 1 rings (SSSR count). The molecule has 4 heteroatoms. The lowest BCUT2D eigenvalue weighted by atomic mass is 10.2. The Morgan fingerprint density at radius 3 is 2.35 bits per heavy atom. The summed E-state index contributed by atoms with van der Waals surface area (Å²) in [5, 5.41) is 0. The predicted molar refractivity (Wildman–Crippen MR) is 82.8 cm³/mol. The van der Waals surface area contributed by atoms with Crippen LogP contribution >= 0.6 is 0 Å². The van der Waals surface area contributed by atoms with Crippen molar-refractivity contribution in [1.29, 1.82) is 0 Å². The van der Waals surface area contributed by atoms with E-state index in [1.807, 2.05) is 58.2 Å². The van der Waals surface area contributed by atoms with Crippen LogP contribution in [-0.4, -0.2) is 36.7 Å². The van der Waals surface area contributed by atoms with Crippen LogP contribution in [0.2, 0.25) is 0 Å². The van der Waals surface area contributed by atoms with E-state index in [-0.39, 0.29) is 6.09 Å². The van der Waals surface area contributed by atoms with E-state index in [4.69, 9.17) is 4.74 Å². The first-order chi connectivity index (χ1) is 9.33. The Balaban J connectivity index is 2.53. The van der Waals surface area contributed by atoms with Crippen molar-refractivity contribution in [2.45, 2.75) is 26.4 Å². The lowest BCUT2D eigenvalue weighted by molar-refractivity contribution is 0.0340. The third kappa shape index (κ3) is 5.34. The van der Waals surface area contributed by atoms with Crippen LogP contribution in [0.5, 0.6) is 0 Å². The molecular formula is C16H24N2O2. The average Bonchev–Trinajstić information content (AvgIpc) is 2.38. The zero-order chi connectivity index (χ0) is 15.2. The molecule has 0 heterocycles. The molecule has 0 N–H and O–H groups in total. The molecule has 110 valence electrons. The lowest BCUT2D eigenvalue weighted by Crippen LogP contribution is -2.37. The van der Waals surface area contributed by atoms with Gasteiger partial charge in [0.15, 0.2) is 0 Å². The molecule has 4 nitrogen and oxygen atoms in total. The van der Waals surface area contributed by atoms with Crippen molar-refractivity contribution in [2.24, 2.45) is 0 Å². The van der Waals surface area contributed by atoms with Crippen LogP contribution in [0.4, 0.5) is 10.5 Å². The van der Waals surface area contributed by atoms with E-state index in [0.29, 0.717) is 13.1 Å². The molecule has 0 spiro atoms. The summed E-state index contributed by atoms with van der Waals surface area (Å²) < 4.78 is 5.33. The molecule has 0 atom stereocenters. The molecule has 0 saturated heterocycles. The summed E-state index contributed by atoms with van der Waals surface area (Å²) in [7, 11) is 1.99. The second-order valence-corrected chi connectivity index (χ2v) is 5.61. The van der Waals surface area contributed by atoms with E-state index in [1.165, 1.54) is 11.1 Å². The van der Waals surface area contributed by atoms with E-state index in [9.17, 15) is 4.79 Å². The van der Waals surface area contributed by atoms with Gasteiger partial charge in [0.25, 0.3) is 0 Å². The number of hydrogen-bond acceptors (Lipinski definition) is 3. The highest BCUT2D eigenvalue weighted by molar-refractivity contribution is 5.69. The molecule has 0 aliphatic rings. The van der Waals surface area contributed by atoms with Crippen molar-refractivity contribution < 1.29 is 9.53 Å². The Labute approximate surface area is 121 Å². The van der Waals surface area contributed by atoms with Crippen molar-refractivity contribution in [2.75, 3.05) is 25.0 Å². The highest BCUT2D eigenvalue weighted by Crippen LogP contribution is 2.12. The fourth-order valence-electron chi connectivity index (χ4n) is 1.65. The van der Waals surface area contributed by atoms with Crippen LogP contribution in [0.25, 0.3) is 0 Å². The van der Waals surface area contributed by atoms with Crippen molar-refractivity contribution in [3.05, 3.63) is 43.1 Å². The third-order valence-electron chi connectivity index (χ3n) is 2.72. The molecule has 0 unspecified atom stereocenters. The molecule has 0 bridgehead atoms. The van der Waals surface area contributed by atoms with Crippen LogP contribution in [0.15, 0.2) is 43.1 Å². The largest absolute Gasteiger partial charge is 0.443 e. The molecule has 0 fully saturated rings. The molecule has 0 aliphatic heterocycles. The van der Waals surface area contributed by atoms with Gasteiger partial charge < -0.3 is 9.64 Å². The first-order valence-electron chi connectivity index (χ1n) is 6.72. The van der Waals surface area contributed by atoms with Gasteiger partial charge in [0, 0.05) is 32.0 Å². The van der Waals surface area contributed by atoms with E-state index < -0.39 is 5.60 Å². The first-order valence-corrected chi connectivity index (χ1v) is 6.72. The number of amides is 1. The minimum Gasteiger partial charge on any atom is -0.443 e. The summed E-state index contributed by atoms with van der Waals surface area (Å²) in [4.78, 5) is 15.5. The predicted octanol–water partition coefficient (Wildman–Crippen LogP) is 3.50. The van der Waals surface area contributed by atoms with Crippen LogP contribution in [-0.2, 0) is 4.74 Å². The second kappa shape index (κ2) is 6.98. The molecule has 1 amide bonds. The number of likely N-dealkylation sites (N-methyl/N-ethyl adjacent to an activating group) is 1. The van der Waals surface area contributed by atoms with Crippen LogP contribution in [0.3, 0.4) is 0 Å². The van der Waals surface area contributed by atoms with Crippen LogP contribution in [0, 0.1) is 0 Å². The maximum absolute atomic E-state index is 12.0. The lowest BCUT2D eigenvalue weighted by Gasteiger charge is -2.27. The Kier molecular flexibility index (Phi) is 5.62. The van der Waals surface area contributed by atoms with Gasteiger partial charge >= 0.3 is 6.09 Å². The smallest absolute Gasteiger partial charge is 0.414 e. The number of ether oxygens (including phenoxy) is 1. The summed E-state index contributed by atoms with van der Waals surface area (Å²) in [6, 6.07) is 10.0. The fraction of sp³-hybridized carbons (Fsp3) is 0.438. The van der Waals surface area contributed by atoms with Gasteiger partial charge in [-0.25, -0.2) is 4.79 Å². The molecule has 0 saturated carbocycles. The Hall–Kier alpha value is -1.97. The van der Waals surface area contributed by atoms with Gasteiger partial charge in [-0.3, -0.25) is 4.90 Å². The van der Waals surface area contributed by atoms with Gasteiger partial charge in [0.2, 0.25) is 0 Å². The second-order valence-electron chi connectivity index (χ2n) is 5.61. The quantitative estimate of drug-likeness (QED) is 0.825. The average molecular weight is 276 g/mol. The van der Waals surface area contributed by atoms with Gasteiger partial charge in [-0.2, -0.15) is 0 Å². The maximum Gasteiger partial charge on any atom is 0.414 e. The van der Waals surface area contributed by atoms with Gasteiger partial charge in [0.1, 0.15) is 5.60 Å². The van der Waals surface area contributed by atoms with Gasteiger partial charge in [0.05, 0.1) is 0 Å². The SMILES string of the molecule is C=CN(CCN(C)c1ccccc1)C(=O)OC(C)(C)C. The minimum absolute atomic E-state index is 0.367. The summed E-state index contributed by atoms with van der Waals surface area (Å²) in [6.45, 7) is 10.5. The minimum atomic E-state index is -0.496. The topological polar surface area (TPSA) is 32.8 Å². The zero-order valence-electron chi connectivity index (χ0n) is 12.8. The Morgan fingerprint density at radius 1 is 1.25 bits per heavy atom. The van der Waals surface area contributed by atoms with E-state index in [1.54, 1.807) is 0 Å². The summed E-state index contributed by atoms with van der Waals surface area (Å²) in [5.74, 6) is 0. The van der Waals surface area contributed by atoms with Crippen LogP contribution in [0.1, 0.15) is 20.8 Å². The maximum atomic E-state index is 12.0. The molecule has 0 aromatic heterocycles. The van der Waals surface area contributed by atoms with Crippen molar-refractivity contribution in [3.8, 4) is 0 Å². The first kappa shape index (κ1) is 16.1. The standard InChI is InChI=1S/C16H24N2O2/c1-6-18(15(19)20-16(2,3)4)13-12-17(5)14-10-8-7-9-11-14/h6-11H,1,12-13H2,2-5H3. The van der Waals surface area contributed by atoms with E-state index >= 15 is 0 Å². The highest BCUT2D eigenvalue weighted by Gasteiger charge is 2.20. The van der Waals surface area contributed by atoms with Gasteiger partial charge in [-0.15, -0.1) is 0 Å². The van der Waals surface area contributed by atoms with E-state index in [0.717, 1.165) is 5.69 Å². The molecule has 20 heavy (non-hydrogen) atoms. The van der Waals surface area contributed by atoms with E-state index in [2.05, 4.69) is 11.5 Å². The van der Waals surface area contributed by atoms with Crippen LogP contribution < -0.4 is 4.90 Å². The fourth-order valence-corrected chi connectivity index (χ4v) is 1.65. The number of hydrogen-bond donors (Lipinski definition) is 0. The Bertz CT molecular complexity index is 438. The zero-order valence-corrected chi connectivity index (χ0v) is 12.8. The van der Waals surface area contributed by atoms with Crippen molar-refractivity contribution in [1.82, 2.24) is 4.90 Å². The number of rotatable bonds is 5. The number of carbonyl (C=O) groups excluding carboxylic acids is 1.